The van der Waals surface area contributed by atoms with Crippen LogP contribution in [0.15, 0.2) is 54.6 Å². The van der Waals surface area contributed by atoms with Crippen molar-refractivity contribution in [1.82, 2.24) is 9.97 Å². The van der Waals surface area contributed by atoms with Gasteiger partial charge < -0.3 is 15.5 Å². The van der Waals surface area contributed by atoms with Gasteiger partial charge in [-0.2, -0.15) is 0 Å². The van der Waals surface area contributed by atoms with Gasteiger partial charge in [-0.15, -0.1) is 0 Å². The third-order valence-corrected chi connectivity index (χ3v) is 4.41. The minimum Gasteiger partial charge on any atom is -0.357 e. The van der Waals surface area contributed by atoms with Crippen molar-refractivity contribution < 1.29 is 9.18 Å². The molecule has 1 aromatic heterocycles. The Morgan fingerprint density at radius 2 is 1.69 bits per heavy atom. The molecule has 0 bridgehead atoms. The molecule has 0 radical (unpaired) electrons. The molecular formula is C22H24FN5O. The van der Waals surface area contributed by atoms with E-state index in [1.807, 2.05) is 25.1 Å². The van der Waals surface area contributed by atoms with E-state index in [1.165, 1.54) is 18.2 Å². The topological polar surface area (TPSA) is 70.2 Å². The second-order valence-electron chi connectivity index (χ2n) is 6.50. The van der Waals surface area contributed by atoms with E-state index in [-0.39, 0.29) is 11.5 Å². The highest BCUT2D eigenvalue weighted by Crippen LogP contribution is 2.21. The van der Waals surface area contributed by atoms with Crippen LogP contribution in [0.4, 0.5) is 27.4 Å². The van der Waals surface area contributed by atoms with E-state index in [2.05, 4.69) is 39.3 Å². The highest BCUT2D eigenvalue weighted by atomic mass is 19.1. The van der Waals surface area contributed by atoms with Crippen LogP contribution in [-0.2, 0) is 0 Å². The van der Waals surface area contributed by atoms with Gasteiger partial charge in [-0.05, 0) is 63.2 Å². The van der Waals surface area contributed by atoms with Crippen molar-refractivity contribution in [2.75, 3.05) is 28.6 Å². The van der Waals surface area contributed by atoms with Crippen LogP contribution in [0.2, 0.25) is 0 Å². The first kappa shape index (κ1) is 20.3. The fourth-order valence-corrected chi connectivity index (χ4v) is 2.94. The van der Waals surface area contributed by atoms with Crippen LogP contribution >= 0.6 is 0 Å². The Labute approximate surface area is 169 Å². The SMILES string of the molecule is CCN(CC)c1cc(Nc2ccc(NC(=O)c3cccc(F)c3)cc2)nc(C)n1. The molecule has 2 aromatic carbocycles. The summed E-state index contributed by atoms with van der Waals surface area (Å²) in [6.07, 6.45) is 0. The number of nitrogens with one attached hydrogen (secondary N) is 2. The number of aromatic nitrogens is 2. The summed E-state index contributed by atoms with van der Waals surface area (Å²) in [5.41, 5.74) is 1.72. The zero-order valence-electron chi connectivity index (χ0n) is 16.7. The van der Waals surface area contributed by atoms with Crippen molar-refractivity contribution >= 4 is 28.9 Å². The van der Waals surface area contributed by atoms with Crippen molar-refractivity contribution in [1.29, 1.82) is 0 Å². The second-order valence-corrected chi connectivity index (χ2v) is 6.50. The summed E-state index contributed by atoms with van der Waals surface area (Å²) in [5, 5.41) is 6.03. The smallest absolute Gasteiger partial charge is 0.255 e. The summed E-state index contributed by atoms with van der Waals surface area (Å²) < 4.78 is 13.3. The molecule has 3 rings (SSSR count). The number of benzene rings is 2. The molecule has 0 aliphatic carbocycles. The molecule has 0 saturated heterocycles. The summed E-state index contributed by atoms with van der Waals surface area (Å²) in [6.45, 7) is 7.78. The van der Waals surface area contributed by atoms with Gasteiger partial charge in [-0.1, -0.05) is 6.07 Å². The minimum absolute atomic E-state index is 0.271. The fourth-order valence-electron chi connectivity index (χ4n) is 2.94. The van der Waals surface area contributed by atoms with E-state index in [4.69, 9.17) is 0 Å². The van der Waals surface area contributed by atoms with E-state index in [0.29, 0.717) is 17.3 Å². The molecule has 0 aliphatic heterocycles. The van der Waals surface area contributed by atoms with E-state index in [1.54, 1.807) is 18.2 Å². The van der Waals surface area contributed by atoms with Crippen molar-refractivity contribution in [3.8, 4) is 0 Å². The monoisotopic (exact) mass is 393 g/mol. The van der Waals surface area contributed by atoms with E-state index < -0.39 is 5.82 Å². The molecule has 3 aromatic rings. The van der Waals surface area contributed by atoms with E-state index in [9.17, 15) is 9.18 Å². The third-order valence-electron chi connectivity index (χ3n) is 4.41. The molecule has 0 saturated carbocycles. The first-order valence-corrected chi connectivity index (χ1v) is 9.53. The number of halogens is 1. The summed E-state index contributed by atoms with van der Waals surface area (Å²) in [6, 6.07) is 14.7. The molecular weight excluding hydrogens is 369 g/mol. The Morgan fingerprint density at radius 3 is 2.34 bits per heavy atom. The van der Waals surface area contributed by atoms with Gasteiger partial charge in [-0.25, -0.2) is 14.4 Å². The van der Waals surface area contributed by atoms with Crippen LogP contribution in [0.5, 0.6) is 0 Å². The molecule has 7 heteroatoms. The maximum Gasteiger partial charge on any atom is 0.255 e. The largest absolute Gasteiger partial charge is 0.357 e. The lowest BCUT2D eigenvalue weighted by Crippen LogP contribution is -2.23. The molecule has 0 spiro atoms. The van der Waals surface area contributed by atoms with Crippen molar-refractivity contribution in [3.05, 3.63) is 71.8 Å². The summed E-state index contributed by atoms with van der Waals surface area (Å²) >= 11 is 0. The molecule has 1 amide bonds. The lowest BCUT2D eigenvalue weighted by Gasteiger charge is -2.20. The number of rotatable bonds is 7. The standard InChI is InChI=1S/C22H24FN5O/c1-4-28(5-2)21-14-20(24-15(3)25-21)26-18-9-11-19(12-10-18)27-22(29)16-7-6-8-17(23)13-16/h6-14H,4-5H2,1-3H3,(H,27,29)(H,24,25,26). The quantitative estimate of drug-likeness (QED) is 0.605. The van der Waals surface area contributed by atoms with Crippen molar-refractivity contribution in [2.24, 2.45) is 0 Å². The normalized spacial score (nSPS) is 10.5. The Balaban J connectivity index is 1.70. The second kappa shape index (κ2) is 9.14. The Morgan fingerprint density at radius 1 is 1.00 bits per heavy atom. The third kappa shape index (κ3) is 5.28. The van der Waals surface area contributed by atoms with Crippen molar-refractivity contribution in [3.63, 3.8) is 0 Å². The molecule has 6 nitrogen and oxygen atoms in total. The van der Waals surface area contributed by atoms with Gasteiger partial charge in [0.25, 0.3) is 5.91 Å². The molecule has 150 valence electrons. The number of carbonyl (C=O) groups excluding carboxylic acids is 1. The van der Waals surface area contributed by atoms with Gasteiger partial charge in [0.05, 0.1) is 0 Å². The number of hydrogen-bond acceptors (Lipinski definition) is 5. The number of nitrogens with zero attached hydrogens (tertiary/aromatic N) is 3. The van der Waals surface area contributed by atoms with Gasteiger partial charge in [0.1, 0.15) is 23.3 Å². The zero-order chi connectivity index (χ0) is 20.8. The Hall–Kier alpha value is -3.48. The van der Waals surface area contributed by atoms with Gasteiger partial charge in [-0.3, -0.25) is 4.79 Å². The number of amides is 1. The number of carbonyl (C=O) groups is 1. The first-order valence-electron chi connectivity index (χ1n) is 9.53. The van der Waals surface area contributed by atoms with Gasteiger partial charge in [0, 0.05) is 36.1 Å². The summed E-state index contributed by atoms with van der Waals surface area (Å²) in [7, 11) is 0. The highest BCUT2D eigenvalue weighted by Gasteiger charge is 2.09. The van der Waals surface area contributed by atoms with Crippen LogP contribution < -0.4 is 15.5 Å². The van der Waals surface area contributed by atoms with E-state index >= 15 is 0 Å². The number of hydrogen-bond donors (Lipinski definition) is 2. The fraction of sp³-hybridized carbons (Fsp3) is 0.227. The first-order chi connectivity index (χ1) is 14.0. The number of aryl methyl sites for hydroxylation is 1. The molecule has 0 fully saturated rings. The van der Waals surface area contributed by atoms with Gasteiger partial charge >= 0.3 is 0 Å². The number of anilines is 4. The van der Waals surface area contributed by atoms with Crippen LogP contribution in [0, 0.1) is 12.7 Å². The summed E-state index contributed by atoms with van der Waals surface area (Å²) in [4.78, 5) is 23.3. The molecule has 0 unspecified atom stereocenters. The van der Waals surface area contributed by atoms with Crippen LogP contribution in [0.25, 0.3) is 0 Å². The highest BCUT2D eigenvalue weighted by molar-refractivity contribution is 6.04. The average molecular weight is 393 g/mol. The van der Waals surface area contributed by atoms with Gasteiger partial charge in [0.2, 0.25) is 0 Å². The maximum atomic E-state index is 13.3. The van der Waals surface area contributed by atoms with Crippen molar-refractivity contribution in [2.45, 2.75) is 20.8 Å². The lowest BCUT2D eigenvalue weighted by atomic mass is 10.2. The molecule has 1 heterocycles. The van der Waals surface area contributed by atoms with Crippen LogP contribution in [0.1, 0.15) is 30.0 Å². The lowest BCUT2D eigenvalue weighted by molar-refractivity contribution is 0.102. The Bertz CT molecular complexity index is 987. The minimum atomic E-state index is -0.443. The Kier molecular flexibility index (Phi) is 6.39. The zero-order valence-corrected chi connectivity index (χ0v) is 16.7. The molecule has 0 atom stereocenters. The predicted molar refractivity (Wildman–Crippen MR) is 114 cm³/mol. The van der Waals surface area contributed by atoms with E-state index in [0.717, 1.165) is 24.6 Å². The summed E-state index contributed by atoms with van der Waals surface area (Å²) in [5.74, 6) is 1.47. The predicted octanol–water partition coefficient (Wildman–Crippen LogP) is 4.77. The average Bonchev–Trinajstić information content (AvgIpc) is 2.70. The van der Waals surface area contributed by atoms with Crippen LogP contribution in [0.3, 0.4) is 0 Å². The molecule has 0 aliphatic rings. The molecule has 29 heavy (non-hydrogen) atoms. The van der Waals surface area contributed by atoms with Gasteiger partial charge in [0.15, 0.2) is 0 Å². The maximum absolute atomic E-state index is 13.3. The van der Waals surface area contributed by atoms with Crippen LogP contribution in [-0.4, -0.2) is 29.0 Å². The molecule has 2 N–H and O–H groups in total.